The summed E-state index contributed by atoms with van der Waals surface area (Å²) < 4.78 is 0. The van der Waals surface area contributed by atoms with Gasteiger partial charge >= 0.3 is 0 Å². The van der Waals surface area contributed by atoms with Crippen LogP contribution in [0.5, 0.6) is 0 Å². The molecule has 1 heteroatoms. The highest BCUT2D eigenvalue weighted by atomic mass is 31.2. The van der Waals surface area contributed by atoms with E-state index in [4.69, 9.17) is 0 Å². The van der Waals surface area contributed by atoms with Gasteiger partial charge in [-0.2, -0.15) is 0 Å². The van der Waals surface area contributed by atoms with Crippen LogP contribution in [-0.2, 0) is 0 Å². The van der Waals surface area contributed by atoms with Crippen LogP contribution in [0.25, 0.3) is 0 Å². The summed E-state index contributed by atoms with van der Waals surface area (Å²) in [5.41, 5.74) is 1.23. The van der Waals surface area contributed by atoms with Crippen LogP contribution in [0.15, 0.2) is 0 Å². The van der Waals surface area contributed by atoms with Crippen molar-refractivity contribution in [2.24, 2.45) is 0 Å². The molecule has 0 aromatic rings. The van der Waals surface area contributed by atoms with E-state index in [1.54, 1.807) is 38.0 Å². The van der Waals surface area contributed by atoms with Gasteiger partial charge in [0, 0.05) is 13.9 Å². The van der Waals surface area contributed by atoms with Gasteiger partial charge in [-0.25, -0.2) is 0 Å². The van der Waals surface area contributed by atoms with E-state index in [2.05, 4.69) is 6.66 Å². The fourth-order valence-electron chi connectivity index (χ4n) is 2.62. The zero-order chi connectivity index (χ0) is 6.32. The standard InChI is InChI=1S/C8H16P/c1-9-6-2-4-8(9)5-3-7-9/h8H,2-7H2,1H3/q+1. The lowest BCUT2D eigenvalue weighted by Crippen LogP contribution is -1.99. The first-order chi connectivity index (χ1) is 4.31. The molecule has 2 rings (SSSR count). The molecule has 0 aromatic heterocycles. The summed E-state index contributed by atoms with van der Waals surface area (Å²) in [6.45, 7) is 2.61. The van der Waals surface area contributed by atoms with Crippen LogP contribution in [-0.4, -0.2) is 24.6 Å². The second-order valence-electron chi connectivity index (χ2n) is 3.86. The fourth-order valence-corrected chi connectivity index (χ4v) is 7.00. The summed E-state index contributed by atoms with van der Waals surface area (Å²) in [4.78, 5) is 0. The molecular formula is C8H16P+. The van der Waals surface area contributed by atoms with Gasteiger partial charge in [-0.3, -0.25) is 0 Å². The quantitative estimate of drug-likeness (QED) is 0.457. The normalized spacial score (nSPS) is 49.7. The molecule has 0 aliphatic carbocycles. The molecule has 0 N–H and O–H groups in total. The van der Waals surface area contributed by atoms with E-state index in [0.29, 0.717) is 0 Å². The minimum Gasteiger partial charge on any atom is -0.0155 e. The molecular weight excluding hydrogens is 127 g/mol. The minimum absolute atomic E-state index is 0.281. The fraction of sp³-hybridized carbons (Fsp3) is 1.00. The van der Waals surface area contributed by atoms with Crippen LogP contribution in [0.3, 0.4) is 0 Å². The lowest BCUT2D eigenvalue weighted by Gasteiger charge is -2.15. The van der Waals surface area contributed by atoms with Gasteiger partial charge in [-0.15, -0.1) is 0 Å². The summed E-state index contributed by atoms with van der Waals surface area (Å²) >= 11 is 0. The van der Waals surface area contributed by atoms with Crippen molar-refractivity contribution in [1.82, 2.24) is 0 Å². The second-order valence-corrected chi connectivity index (χ2v) is 8.45. The van der Waals surface area contributed by atoms with Gasteiger partial charge in [-0.05, 0) is 25.7 Å². The highest BCUT2D eigenvalue weighted by Crippen LogP contribution is 2.70. The molecule has 0 radical (unpaired) electrons. The second kappa shape index (κ2) is 1.95. The van der Waals surface area contributed by atoms with Crippen LogP contribution in [0.4, 0.5) is 0 Å². The zero-order valence-electron chi connectivity index (χ0n) is 6.27. The van der Waals surface area contributed by atoms with Crippen LogP contribution < -0.4 is 0 Å². The maximum atomic E-state index is 2.61. The lowest BCUT2D eigenvalue weighted by molar-refractivity contribution is 0.724. The molecule has 0 atom stereocenters. The Bertz CT molecular complexity index is 110. The van der Waals surface area contributed by atoms with Gasteiger partial charge in [0.15, 0.2) is 0 Å². The zero-order valence-corrected chi connectivity index (χ0v) is 7.16. The van der Waals surface area contributed by atoms with Crippen LogP contribution in [0.2, 0.25) is 0 Å². The lowest BCUT2D eigenvalue weighted by atomic mass is 10.2. The van der Waals surface area contributed by atoms with E-state index in [1.165, 1.54) is 5.66 Å². The summed E-state index contributed by atoms with van der Waals surface area (Å²) in [6, 6.07) is 0. The summed E-state index contributed by atoms with van der Waals surface area (Å²) in [5, 5.41) is 0. The van der Waals surface area contributed by atoms with Crippen LogP contribution >= 0.6 is 7.26 Å². The Labute approximate surface area is 58.4 Å². The van der Waals surface area contributed by atoms with Crippen molar-refractivity contribution < 1.29 is 0 Å². The smallest absolute Gasteiger partial charge is 0.0155 e. The van der Waals surface area contributed by atoms with Crippen LogP contribution in [0.1, 0.15) is 25.7 Å². The van der Waals surface area contributed by atoms with Crippen molar-refractivity contribution in [3.05, 3.63) is 0 Å². The molecule has 2 aliphatic heterocycles. The van der Waals surface area contributed by atoms with Crippen molar-refractivity contribution in [2.45, 2.75) is 31.3 Å². The Morgan fingerprint density at radius 3 is 2.11 bits per heavy atom. The van der Waals surface area contributed by atoms with E-state index in [-0.39, 0.29) is 7.26 Å². The third-order valence-electron chi connectivity index (χ3n) is 3.29. The van der Waals surface area contributed by atoms with Crippen molar-refractivity contribution in [3.63, 3.8) is 0 Å². The number of rotatable bonds is 0. The molecule has 52 valence electrons. The third-order valence-corrected chi connectivity index (χ3v) is 8.25. The number of hydrogen-bond donors (Lipinski definition) is 0. The Kier molecular flexibility index (Phi) is 1.34. The molecule has 2 saturated heterocycles. The average Bonchev–Trinajstić information content (AvgIpc) is 2.22. The number of hydrogen-bond acceptors (Lipinski definition) is 0. The first-order valence-corrected chi connectivity index (χ1v) is 6.83. The van der Waals surface area contributed by atoms with Gasteiger partial charge < -0.3 is 0 Å². The first kappa shape index (κ1) is 6.16. The van der Waals surface area contributed by atoms with E-state index in [9.17, 15) is 0 Å². The molecule has 0 amide bonds. The van der Waals surface area contributed by atoms with Gasteiger partial charge in [0.2, 0.25) is 0 Å². The van der Waals surface area contributed by atoms with Crippen molar-refractivity contribution in [2.75, 3.05) is 19.0 Å². The predicted octanol–water partition coefficient (Wildman–Crippen LogP) is 2.59. The molecule has 2 fully saturated rings. The topological polar surface area (TPSA) is 0 Å². The monoisotopic (exact) mass is 143 g/mol. The molecule has 0 nitrogen and oxygen atoms in total. The average molecular weight is 143 g/mol. The molecule has 0 aromatic carbocycles. The molecule has 0 saturated carbocycles. The largest absolute Gasteiger partial charge is 0.0697 e. The molecule has 0 unspecified atom stereocenters. The van der Waals surface area contributed by atoms with Crippen LogP contribution in [0, 0.1) is 0 Å². The Morgan fingerprint density at radius 2 is 1.67 bits per heavy atom. The minimum atomic E-state index is -0.281. The summed E-state index contributed by atoms with van der Waals surface area (Å²) in [7, 11) is -0.281. The molecule has 9 heavy (non-hydrogen) atoms. The molecule has 0 bridgehead atoms. The molecule has 2 heterocycles. The predicted molar refractivity (Wildman–Crippen MR) is 44.8 cm³/mol. The van der Waals surface area contributed by atoms with E-state index in [0.717, 1.165) is 0 Å². The van der Waals surface area contributed by atoms with E-state index < -0.39 is 0 Å². The van der Waals surface area contributed by atoms with Gasteiger partial charge in [-0.1, -0.05) is 0 Å². The first-order valence-electron chi connectivity index (χ1n) is 4.15. The summed E-state index contributed by atoms with van der Waals surface area (Å²) in [6.07, 6.45) is 9.58. The van der Waals surface area contributed by atoms with Crippen molar-refractivity contribution in [1.29, 1.82) is 0 Å². The Morgan fingerprint density at radius 1 is 1.11 bits per heavy atom. The van der Waals surface area contributed by atoms with Gasteiger partial charge in [0.05, 0.1) is 18.0 Å². The Balaban J connectivity index is 2.17. The highest BCUT2D eigenvalue weighted by molar-refractivity contribution is 7.76. The molecule has 2 aliphatic rings. The highest BCUT2D eigenvalue weighted by Gasteiger charge is 2.48. The third kappa shape index (κ3) is 0.835. The Hall–Kier alpha value is 0.430. The van der Waals surface area contributed by atoms with Gasteiger partial charge in [0.25, 0.3) is 0 Å². The SMILES string of the molecule is C[P+]12CCCC1CCC2. The maximum absolute atomic E-state index is 2.61. The van der Waals surface area contributed by atoms with Gasteiger partial charge in [0.1, 0.15) is 0 Å². The summed E-state index contributed by atoms with van der Waals surface area (Å²) in [5.74, 6) is 0. The number of fused-ring (bicyclic) bond motifs is 1. The molecule has 0 spiro atoms. The van der Waals surface area contributed by atoms with E-state index in [1.807, 2.05) is 0 Å². The van der Waals surface area contributed by atoms with Crippen molar-refractivity contribution in [3.8, 4) is 0 Å². The van der Waals surface area contributed by atoms with Crippen molar-refractivity contribution >= 4 is 7.26 Å². The maximum Gasteiger partial charge on any atom is 0.0697 e. The van der Waals surface area contributed by atoms with E-state index >= 15 is 0 Å².